The second kappa shape index (κ2) is 34.5. The molecule has 5 heteroatoms. The summed E-state index contributed by atoms with van der Waals surface area (Å²) < 4.78 is 0. The van der Waals surface area contributed by atoms with Gasteiger partial charge in [0, 0.05) is 54.7 Å². The van der Waals surface area contributed by atoms with Crippen molar-refractivity contribution in [1.82, 2.24) is 24.9 Å². The minimum Gasteiger partial charge on any atom is -0.248 e. The van der Waals surface area contributed by atoms with Crippen molar-refractivity contribution in [3.05, 3.63) is 329 Å². The van der Waals surface area contributed by atoms with Gasteiger partial charge in [-0.15, -0.1) is 0 Å². The molecule has 0 aliphatic carbocycles. The summed E-state index contributed by atoms with van der Waals surface area (Å²) in [6.07, 6.45) is 11.5. The van der Waals surface area contributed by atoms with Gasteiger partial charge in [-0.05, 0) is 185 Å². The van der Waals surface area contributed by atoms with Gasteiger partial charge in [0.25, 0.3) is 0 Å². The Bertz CT molecular complexity index is 5130. The lowest BCUT2D eigenvalue weighted by molar-refractivity contribution is 0.923. The van der Waals surface area contributed by atoms with Gasteiger partial charge in [-0.25, -0.2) is 24.9 Å². The maximum absolute atomic E-state index is 4.87. The molecule has 5 heterocycles. The molecule has 0 aliphatic rings. The zero-order valence-corrected chi connectivity index (χ0v) is 59.4. The molecule has 0 saturated carbocycles. The summed E-state index contributed by atoms with van der Waals surface area (Å²) in [7, 11) is 0. The SMILES string of the molecule is CCCc1ccc2nc(-c3cccc(C)c3)ccc2c1.CCCc1ccc2nc(-c3ccccc3)ccc2c1.CCCc1cccc2nc(-c3cc(C)cc(C)c3)ccc12.CCCc1cccc2nc(-c3cccc(C)c3)ccc12.CCCc1cccc2nc(-c3ccccc3)ccc12. The van der Waals surface area contributed by atoms with Gasteiger partial charge in [-0.3, -0.25) is 0 Å². The molecule has 5 nitrogen and oxygen atoms in total. The monoisotopic (exact) mass is 1290 g/mol. The fourth-order valence-corrected chi connectivity index (χ4v) is 13.1. The van der Waals surface area contributed by atoms with Crippen LogP contribution in [-0.2, 0) is 32.1 Å². The maximum atomic E-state index is 4.87. The number of fused-ring (bicyclic) bond motifs is 5. The van der Waals surface area contributed by atoms with E-state index < -0.39 is 0 Å². The summed E-state index contributed by atoms with van der Waals surface area (Å²) in [5, 5.41) is 6.31. The van der Waals surface area contributed by atoms with Crippen LogP contribution in [0, 0.1) is 27.7 Å². The molecule has 0 unspecified atom stereocenters. The molecular formula is C94H93N5. The average Bonchev–Trinajstić information content (AvgIpc) is 0.870. The van der Waals surface area contributed by atoms with Crippen LogP contribution in [0.2, 0.25) is 0 Å². The van der Waals surface area contributed by atoms with Gasteiger partial charge in [0.1, 0.15) is 0 Å². The molecule has 99 heavy (non-hydrogen) atoms. The Hall–Kier alpha value is -10.8. The Morgan fingerprint density at radius 2 is 0.525 bits per heavy atom. The Labute approximate surface area is 587 Å². The lowest BCUT2D eigenvalue weighted by atomic mass is 10.0. The van der Waals surface area contributed by atoms with Crippen molar-refractivity contribution in [2.45, 2.75) is 127 Å². The van der Waals surface area contributed by atoms with Crippen LogP contribution in [0.1, 0.15) is 117 Å². The molecule has 0 bridgehead atoms. The summed E-state index contributed by atoms with van der Waals surface area (Å²) in [5.41, 5.74) is 28.7. The van der Waals surface area contributed by atoms with E-state index in [-0.39, 0.29) is 0 Å². The molecule has 0 amide bonds. The summed E-state index contributed by atoms with van der Waals surface area (Å²) in [5.74, 6) is 0. The lowest BCUT2D eigenvalue weighted by Gasteiger charge is -2.08. The second-order valence-electron chi connectivity index (χ2n) is 26.1. The smallest absolute Gasteiger partial charge is 0.0712 e. The highest BCUT2D eigenvalue weighted by Crippen LogP contribution is 2.30. The standard InChI is InChI=1S/C20H21N.2C19H19N.2C18H17N/c1-4-6-16-7-5-8-20-18(16)9-10-19(21-20)17-12-14(2)11-15(3)13-17;1-3-6-15-8-5-10-19-17(15)11-12-18(20-19)16-9-4-7-14(2)13-16;1-3-5-15-8-10-18-17(13-15)9-11-19(20-18)16-7-4-6-14(2)12-16;1-2-7-14-10-6-11-18-16(14)12-13-17(19-18)15-8-4-3-5-9-15;1-2-6-14-9-11-18-16(13-14)10-12-17(19-18)15-7-4-3-5-8-15/h5,7-13H,4,6H2,1-3H3;4-5,7-13H,3,6H2,1-2H3;4,6-13H,3,5H2,1-2H3;3-6,8-13H,2,7H2,1H3;3-5,7-13H,2,6H2,1H3. The first kappa shape index (κ1) is 69.6. The normalized spacial score (nSPS) is 10.9. The summed E-state index contributed by atoms with van der Waals surface area (Å²) in [6.45, 7) is 19.6. The highest BCUT2D eigenvalue weighted by atomic mass is 14.7. The van der Waals surface area contributed by atoms with Gasteiger partial charge >= 0.3 is 0 Å². The minimum atomic E-state index is 1.04. The average molecular weight is 1290 g/mol. The Morgan fingerprint density at radius 1 is 0.212 bits per heavy atom. The molecule has 0 saturated heterocycles. The first-order valence-electron chi connectivity index (χ1n) is 35.7. The number of aryl methyl sites for hydroxylation is 9. The fraction of sp³-hybridized carbons (Fsp3) is 0.202. The third kappa shape index (κ3) is 18.5. The van der Waals surface area contributed by atoms with E-state index in [1.807, 2.05) is 24.3 Å². The molecule has 10 aromatic carbocycles. The molecule has 0 N–H and O–H groups in total. The van der Waals surface area contributed by atoms with Crippen LogP contribution < -0.4 is 0 Å². The van der Waals surface area contributed by atoms with E-state index in [9.17, 15) is 0 Å². The van der Waals surface area contributed by atoms with E-state index in [0.29, 0.717) is 0 Å². The van der Waals surface area contributed by atoms with E-state index in [1.165, 1.54) is 131 Å². The van der Waals surface area contributed by atoms with Crippen molar-refractivity contribution in [3.8, 4) is 56.3 Å². The summed E-state index contributed by atoms with van der Waals surface area (Å²) >= 11 is 0. The van der Waals surface area contributed by atoms with Crippen molar-refractivity contribution < 1.29 is 0 Å². The van der Waals surface area contributed by atoms with Crippen LogP contribution in [0.4, 0.5) is 0 Å². The predicted molar refractivity (Wildman–Crippen MR) is 425 cm³/mol. The molecular weight excluding hydrogens is 1200 g/mol. The van der Waals surface area contributed by atoms with Gasteiger partial charge in [0.05, 0.1) is 56.1 Å². The van der Waals surface area contributed by atoms with Crippen molar-refractivity contribution in [2.24, 2.45) is 0 Å². The third-order valence-electron chi connectivity index (χ3n) is 17.9. The zero-order valence-electron chi connectivity index (χ0n) is 59.4. The number of pyridine rings is 5. The second-order valence-corrected chi connectivity index (χ2v) is 26.1. The highest BCUT2D eigenvalue weighted by molar-refractivity contribution is 5.88. The maximum Gasteiger partial charge on any atom is 0.0712 e. The van der Waals surface area contributed by atoms with Crippen LogP contribution in [0.25, 0.3) is 111 Å². The predicted octanol–water partition coefficient (Wildman–Crippen LogP) is 25.5. The molecule has 494 valence electrons. The Morgan fingerprint density at radius 3 is 0.889 bits per heavy atom. The molecule has 0 fully saturated rings. The number of aromatic nitrogens is 5. The van der Waals surface area contributed by atoms with Gasteiger partial charge < -0.3 is 0 Å². The van der Waals surface area contributed by atoms with Crippen LogP contribution in [0.15, 0.2) is 279 Å². The first-order valence-corrected chi connectivity index (χ1v) is 35.7. The number of benzene rings is 10. The van der Waals surface area contributed by atoms with Crippen LogP contribution in [0.3, 0.4) is 0 Å². The Balaban J connectivity index is 0.000000125. The largest absolute Gasteiger partial charge is 0.248 e. The molecule has 5 aromatic heterocycles. The Kier molecular flexibility index (Phi) is 24.2. The third-order valence-corrected chi connectivity index (χ3v) is 17.9. The fourth-order valence-electron chi connectivity index (χ4n) is 13.1. The van der Waals surface area contributed by atoms with Gasteiger partial charge in [-0.1, -0.05) is 271 Å². The lowest BCUT2D eigenvalue weighted by Crippen LogP contribution is -1.91. The topological polar surface area (TPSA) is 64.5 Å². The van der Waals surface area contributed by atoms with Crippen LogP contribution >= 0.6 is 0 Å². The molecule has 0 radical (unpaired) electrons. The van der Waals surface area contributed by atoms with E-state index in [4.69, 9.17) is 24.9 Å². The van der Waals surface area contributed by atoms with Crippen molar-refractivity contribution in [2.75, 3.05) is 0 Å². The van der Waals surface area contributed by atoms with E-state index in [2.05, 4.69) is 317 Å². The minimum absolute atomic E-state index is 1.04. The number of hydrogen-bond acceptors (Lipinski definition) is 5. The molecule has 15 aromatic rings. The van der Waals surface area contributed by atoms with Gasteiger partial charge in [0.15, 0.2) is 0 Å². The zero-order chi connectivity index (χ0) is 68.9. The molecule has 15 rings (SSSR count). The van der Waals surface area contributed by atoms with Crippen molar-refractivity contribution >= 4 is 54.5 Å². The van der Waals surface area contributed by atoms with Gasteiger partial charge in [-0.2, -0.15) is 0 Å². The van der Waals surface area contributed by atoms with Crippen LogP contribution in [-0.4, -0.2) is 24.9 Å². The summed E-state index contributed by atoms with van der Waals surface area (Å²) in [4.78, 5) is 24.0. The molecule has 0 spiro atoms. The van der Waals surface area contributed by atoms with Crippen LogP contribution in [0.5, 0.6) is 0 Å². The van der Waals surface area contributed by atoms with E-state index >= 15 is 0 Å². The van der Waals surface area contributed by atoms with Gasteiger partial charge in [0.2, 0.25) is 0 Å². The number of hydrogen-bond donors (Lipinski definition) is 0. The molecule has 0 aliphatic heterocycles. The number of rotatable bonds is 15. The van der Waals surface area contributed by atoms with Crippen molar-refractivity contribution in [1.29, 1.82) is 0 Å². The molecule has 0 atom stereocenters. The van der Waals surface area contributed by atoms with E-state index in [1.54, 1.807) is 0 Å². The van der Waals surface area contributed by atoms with Crippen molar-refractivity contribution in [3.63, 3.8) is 0 Å². The number of nitrogens with zero attached hydrogens (tertiary/aromatic N) is 5. The first-order chi connectivity index (χ1) is 48.4. The van der Waals surface area contributed by atoms with E-state index in [0.717, 1.165) is 94.6 Å². The quantitative estimate of drug-likeness (QED) is 0.102. The highest BCUT2D eigenvalue weighted by Gasteiger charge is 2.10. The summed E-state index contributed by atoms with van der Waals surface area (Å²) in [6, 6.07) is 98.3.